The monoisotopic (exact) mass is 606 g/mol. The first kappa shape index (κ1) is 28.1. The lowest BCUT2D eigenvalue weighted by atomic mass is 10.1. The Balaban J connectivity index is 1.32. The molecule has 2 aromatic carbocycles. The average Bonchev–Trinajstić information content (AvgIpc) is 3.65. The van der Waals surface area contributed by atoms with Crippen LogP contribution in [0.25, 0.3) is 22.2 Å². The summed E-state index contributed by atoms with van der Waals surface area (Å²) in [5.41, 5.74) is 3.05. The molecule has 43 heavy (non-hydrogen) atoms. The molecule has 0 amide bonds. The molecule has 3 N–H and O–H groups in total. The van der Waals surface area contributed by atoms with Crippen LogP contribution in [0, 0.1) is 0 Å². The summed E-state index contributed by atoms with van der Waals surface area (Å²) in [7, 11) is 3.68. The molecule has 0 atom stereocenters. The van der Waals surface area contributed by atoms with Crippen molar-refractivity contribution in [3.63, 3.8) is 0 Å². The molecule has 0 spiro atoms. The first-order chi connectivity index (χ1) is 20.7. The van der Waals surface area contributed by atoms with Gasteiger partial charge in [-0.05, 0) is 31.0 Å². The van der Waals surface area contributed by atoms with Crippen LogP contribution in [0.2, 0.25) is 0 Å². The predicted octanol–water partition coefficient (Wildman–Crippen LogP) is 4.52. The third-order valence-electron chi connectivity index (χ3n) is 7.02. The number of hydrogen-bond acceptors (Lipinski definition) is 12. The highest BCUT2D eigenvalue weighted by Gasteiger charge is 2.29. The zero-order chi connectivity index (χ0) is 30.3. The van der Waals surface area contributed by atoms with E-state index in [2.05, 4.69) is 35.4 Å². The molecule has 14 nitrogen and oxygen atoms in total. The van der Waals surface area contributed by atoms with Crippen LogP contribution in [-0.4, -0.2) is 69.2 Å². The quantitative estimate of drug-likeness (QED) is 0.192. The second kappa shape index (κ2) is 11.0. The Labute approximate surface area is 247 Å². The fraction of sp³-hybridized carbons (Fsp3) is 0.286. The van der Waals surface area contributed by atoms with Gasteiger partial charge in [0.2, 0.25) is 0 Å². The molecule has 5 aromatic rings. The molecule has 0 saturated heterocycles. The van der Waals surface area contributed by atoms with E-state index in [1.807, 2.05) is 25.1 Å². The molecule has 1 aliphatic rings. The van der Waals surface area contributed by atoms with Crippen LogP contribution in [0.5, 0.6) is 17.2 Å². The van der Waals surface area contributed by atoms with E-state index in [0.717, 1.165) is 18.5 Å². The van der Waals surface area contributed by atoms with Crippen molar-refractivity contribution in [2.75, 3.05) is 50.4 Å². The van der Waals surface area contributed by atoms with Crippen LogP contribution in [-0.2, 0) is 10.0 Å². The number of anilines is 4. The number of H-pyrrole nitrogens is 1. The molecule has 224 valence electrons. The molecule has 1 saturated carbocycles. The molecule has 0 unspecified atom stereocenters. The van der Waals surface area contributed by atoms with Crippen LogP contribution in [0.4, 0.5) is 23.1 Å². The van der Waals surface area contributed by atoms with Crippen molar-refractivity contribution in [3.05, 3.63) is 48.4 Å². The van der Waals surface area contributed by atoms with Gasteiger partial charge in [-0.2, -0.15) is 5.10 Å². The van der Waals surface area contributed by atoms with E-state index in [1.165, 1.54) is 21.3 Å². The van der Waals surface area contributed by atoms with Gasteiger partial charge in [0.15, 0.2) is 22.1 Å². The van der Waals surface area contributed by atoms with Gasteiger partial charge in [-0.15, -0.1) is 0 Å². The number of benzene rings is 2. The van der Waals surface area contributed by atoms with Gasteiger partial charge in [0.1, 0.15) is 23.1 Å². The van der Waals surface area contributed by atoms with Gasteiger partial charge in [0.05, 0.1) is 50.5 Å². The second-order valence-corrected chi connectivity index (χ2v) is 11.8. The number of ether oxygens (including phenoxy) is 3. The molecule has 1 aliphatic carbocycles. The lowest BCUT2D eigenvalue weighted by Crippen LogP contribution is -2.16. The van der Waals surface area contributed by atoms with Crippen molar-refractivity contribution in [1.29, 1.82) is 0 Å². The highest BCUT2D eigenvalue weighted by atomic mass is 32.2. The summed E-state index contributed by atoms with van der Waals surface area (Å²) < 4.78 is 52.1. The summed E-state index contributed by atoms with van der Waals surface area (Å²) in [6, 6.07) is 8.37. The molecule has 0 aliphatic heterocycles. The number of fused-ring (bicyclic) bond motifs is 1. The van der Waals surface area contributed by atoms with Crippen molar-refractivity contribution in [1.82, 2.24) is 25.3 Å². The number of aromatic nitrogens is 5. The van der Waals surface area contributed by atoms with Crippen LogP contribution in [0.1, 0.15) is 24.5 Å². The second-order valence-electron chi connectivity index (χ2n) is 10.2. The van der Waals surface area contributed by atoms with E-state index in [-0.39, 0.29) is 22.2 Å². The number of rotatable bonds is 11. The number of methoxy groups -OCH3 is 3. The maximum Gasteiger partial charge on any atom is 0.270 e. The summed E-state index contributed by atoms with van der Waals surface area (Å²) in [4.78, 5) is 10.4. The SMILES string of the molecule is COc1cc2c(NS(=O)(=O)c3c(OC)cc(-c4cnc(N(C)C)cn4)cc3OC)noc2cc1Nc1cc(C2CC2)[nH]n1. The van der Waals surface area contributed by atoms with E-state index in [0.29, 0.717) is 51.2 Å². The van der Waals surface area contributed by atoms with Gasteiger partial charge in [-0.1, -0.05) is 5.16 Å². The largest absolute Gasteiger partial charge is 0.495 e. The lowest BCUT2D eigenvalue weighted by molar-refractivity contribution is 0.374. The number of aromatic amines is 1. The Morgan fingerprint density at radius 2 is 1.67 bits per heavy atom. The zero-order valence-corrected chi connectivity index (χ0v) is 24.9. The van der Waals surface area contributed by atoms with Crippen molar-refractivity contribution < 1.29 is 27.2 Å². The Bertz CT molecular complexity index is 1870. The molecular weight excluding hydrogens is 576 g/mol. The lowest BCUT2D eigenvalue weighted by Gasteiger charge is -2.16. The van der Waals surface area contributed by atoms with Gasteiger partial charge in [0, 0.05) is 43.4 Å². The van der Waals surface area contributed by atoms with Gasteiger partial charge in [-0.25, -0.2) is 13.4 Å². The molecule has 15 heteroatoms. The molecule has 6 rings (SSSR count). The number of nitrogens with zero attached hydrogens (tertiary/aromatic N) is 5. The van der Waals surface area contributed by atoms with Gasteiger partial charge in [-0.3, -0.25) is 14.8 Å². The maximum atomic E-state index is 13.8. The minimum absolute atomic E-state index is 0.0334. The summed E-state index contributed by atoms with van der Waals surface area (Å²) in [6.07, 6.45) is 5.50. The maximum absolute atomic E-state index is 13.8. The van der Waals surface area contributed by atoms with E-state index in [1.54, 1.807) is 36.7 Å². The Kier molecular flexibility index (Phi) is 7.17. The smallest absolute Gasteiger partial charge is 0.270 e. The Morgan fingerprint density at radius 1 is 0.953 bits per heavy atom. The first-order valence-electron chi connectivity index (χ1n) is 13.3. The molecular formula is C28H30N8O6S. The van der Waals surface area contributed by atoms with E-state index in [4.69, 9.17) is 18.7 Å². The normalized spacial score (nSPS) is 13.1. The molecule has 3 aromatic heterocycles. The van der Waals surface area contributed by atoms with Crippen LogP contribution < -0.4 is 29.1 Å². The van der Waals surface area contributed by atoms with E-state index in [9.17, 15) is 8.42 Å². The summed E-state index contributed by atoms with van der Waals surface area (Å²) >= 11 is 0. The molecule has 0 radical (unpaired) electrons. The fourth-order valence-electron chi connectivity index (χ4n) is 4.62. The van der Waals surface area contributed by atoms with Crippen molar-refractivity contribution >= 4 is 44.1 Å². The molecule has 1 fully saturated rings. The van der Waals surface area contributed by atoms with Gasteiger partial charge in [0.25, 0.3) is 10.0 Å². The highest BCUT2D eigenvalue weighted by molar-refractivity contribution is 7.93. The predicted molar refractivity (Wildman–Crippen MR) is 160 cm³/mol. The highest BCUT2D eigenvalue weighted by Crippen LogP contribution is 2.42. The van der Waals surface area contributed by atoms with E-state index >= 15 is 0 Å². The Morgan fingerprint density at radius 3 is 2.28 bits per heavy atom. The van der Waals surface area contributed by atoms with E-state index < -0.39 is 10.0 Å². The Hall–Kier alpha value is -5.05. The van der Waals surface area contributed by atoms with Gasteiger partial charge < -0.3 is 29.0 Å². The fourth-order valence-corrected chi connectivity index (χ4v) is 5.94. The first-order valence-corrected chi connectivity index (χ1v) is 14.8. The average molecular weight is 607 g/mol. The van der Waals surface area contributed by atoms with Crippen LogP contribution in [0.15, 0.2) is 52.1 Å². The van der Waals surface area contributed by atoms with Crippen molar-refractivity contribution in [2.45, 2.75) is 23.7 Å². The summed E-state index contributed by atoms with van der Waals surface area (Å²) in [6.45, 7) is 0. The summed E-state index contributed by atoms with van der Waals surface area (Å²) in [5.74, 6) is 2.32. The number of nitrogens with one attached hydrogen (secondary N) is 3. The van der Waals surface area contributed by atoms with Crippen LogP contribution >= 0.6 is 0 Å². The summed E-state index contributed by atoms with van der Waals surface area (Å²) in [5, 5.41) is 15.0. The van der Waals surface area contributed by atoms with Crippen molar-refractivity contribution in [2.24, 2.45) is 0 Å². The third kappa shape index (κ3) is 5.46. The van der Waals surface area contributed by atoms with Gasteiger partial charge >= 0.3 is 0 Å². The topological polar surface area (TPSA) is 170 Å². The van der Waals surface area contributed by atoms with Crippen LogP contribution in [0.3, 0.4) is 0 Å². The minimum atomic E-state index is -4.29. The standard InChI is InChI=1S/C28H30N8O6S/c1-36(2)26-14-29-20(13-30-26)16-8-23(40-4)27(24(9-16)41-5)43(37,38)35-28-17-10-22(39-3)19(11-21(17)42-34-28)31-25-12-18(32-33-25)15-6-7-15/h8-15H,6-7H2,1-5H3,(H,34,35)(H2,31,32,33). The molecule has 3 heterocycles. The minimum Gasteiger partial charge on any atom is -0.495 e. The number of sulfonamides is 1. The molecule has 0 bridgehead atoms. The van der Waals surface area contributed by atoms with Crippen molar-refractivity contribution in [3.8, 4) is 28.5 Å². The third-order valence-corrected chi connectivity index (χ3v) is 8.42. The number of hydrogen-bond donors (Lipinski definition) is 3. The zero-order valence-electron chi connectivity index (χ0n) is 24.1.